The Labute approximate surface area is 118 Å². The Hall–Kier alpha value is -2.04. The van der Waals surface area contributed by atoms with Gasteiger partial charge in [-0.25, -0.2) is 4.79 Å². The highest BCUT2D eigenvalue weighted by molar-refractivity contribution is 5.78. The van der Waals surface area contributed by atoms with Crippen molar-refractivity contribution in [2.45, 2.75) is 38.1 Å². The summed E-state index contributed by atoms with van der Waals surface area (Å²) in [6, 6.07) is 8.69. The Morgan fingerprint density at radius 3 is 2.40 bits per heavy atom. The largest absolute Gasteiger partial charge is 0.480 e. The summed E-state index contributed by atoms with van der Waals surface area (Å²) in [5.74, 6) is -0.579. The summed E-state index contributed by atoms with van der Waals surface area (Å²) in [4.78, 5) is 24.5. The molecule has 0 spiro atoms. The number of carboxylic acid groups (broad SMARTS) is 1. The number of hydrogen-bond acceptors (Lipinski definition) is 3. The van der Waals surface area contributed by atoms with Gasteiger partial charge in [0, 0.05) is 6.04 Å². The average molecular weight is 277 g/mol. The van der Waals surface area contributed by atoms with Crippen molar-refractivity contribution in [3.8, 4) is 5.75 Å². The van der Waals surface area contributed by atoms with E-state index in [4.69, 9.17) is 9.84 Å². The first kappa shape index (κ1) is 14.4. The Balaban J connectivity index is 2.05. The zero-order chi connectivity index (χ0) is 14.4. The van der Waals surface area contributed by atoms with E-state index in [0.29, 0.717) is 5.75 Å². The number of ether oxygens (including phenoxy) is 1. The SMILES string of the molecule is O=C(O)CN(C(=O)Oc1ccccc1)C1CCCCC1. The van der Waals surface area contributed by atoms with Crippen LogP contribution < -0.4 is 4.74 Å². The predicted molar refractivity (Wildman–Crippen MR) is 73.7 cm³/mol. The van der Waals surface area contributed by atoms with Crippen LogP contribution >= 0.6 is 0 Å². The molecule has 1 aliphatic carbocycles. The van der Waals surface area contributed by atoms with E-state index in [1.54, 1.807) is 24.3 Å². The van der Waals surface area contributed by atoms with Gasteiger partial charge in [0.25, 0.3) is 0 Å². The zero-order valence-corrected chi connectivity index (χ0v) is 11.3. The van der Waals surface area contributed by atoms with Gasteiger partial charge in [-0.2, -0.15) is 0 Å². The lowest BCUT2D eigenvalue weighted by Gasteiger charge is -2.32. The number of rotatable bonds is 4. The van der Waals surface area contributed by atoms with Gasteiger partial charge < -0.3 is 9.84 Å². The predicted octanol–water partition coefficient (Wildman–Crippen LogP) is 2.90. The summed E-state index contributed by atoms with van der Waals surface area (Å²) in [5, 5.41) is 8.98. The molecule has 1 fully saturated rings. The lowest BCUT2D eigenvalue weighted by atomic mass is 9.94. The van der Waals surface area contributed by atoms with E-state index in [1.807, 2.05) is 6.07 Å². The van der Waals surface area contributed by atoms with Gasteiger partial charge in [0.2, 0.25) is 0 Å². The lowest BCUT2D eigenvalue weighted by Crippen LogP contribution is -2.45. The van der Waals surface area contributed by atoms with E-state index in [2.05, 4.69) is 0 Å². The smallest absolute Gasteiger partial charge is 0.416 e. The van der Waals surface area contributed by atoms with Gasteiger partial charge in [0.15, 0.2) is 0 Å². The van der Waals surface area contributed by atoms with Gasteiger partial charge in [-0.05, 0) is 25.0 Å². The first-order valence-electron chi connectivity index (χ1n) is 6.92. The van der Waals surface area contributed by atoms with Gasteiger partial charge >= 0.3 is 12.1 Å². The van der Waals surface area contributed by atoms with Crippen LogP contribution in [-0.2, 0) is 4.79 Å². The molecule has 0 saturated heterocycles. The van der Waals surface area contributed by atoms with Crippen LogP contribution in [-0.4, -0.2) is 34.7 Å². The molecule has 1 amide bonds. The Kier molecular flexibility index (Phi) is 4.98. The maximum Gasteiger partial charge on any atom is 0.416 e. The molecule has 1 saturated carbocycles. The normalized spacial score (nSPS) is 15.6. The number of carboxylic acids is 1. The first-order chi connectivity index (χ1) is 9.66. The van der Waals surface area contributed by atoms with E-state index in [1.165, 1.54) is 4.90 Å². The van der Waals surface area contributed by atoms with Crippen LogP contribution in [0.4, 0.5) is 4.79 Å². The van der Waals surface area contributed by atoms with Gasteiger partial charge in [-0.15, -0.1) is 0 Å². The van der Waals surface area contributed by atoms with Crippen molar-refractivity contribution in [2.75, 3.05) is 6.54 Å². The second-order valence-corrected chi connectivity index (χ2v) is 4.99. The highest BCUT2D eigenvalue weighted by Gasteiger charge is 2.28. The van der Waals surface area contributed by atoms with E-state index in [0.717, 1.165) is 32.1 Å². The Morgan fingerprint density at radius 2 is 1.80 bits per heavy atom. The van der Waals surface area contributed by atoms with E-state index in [9.17, 15) is 9.59 Å². The number of nitrogens with zero attached hydrogens (tertiary/aromatic N) is 1. The fourth-order valence-corrected chi connectivity index (χ4v) is 2.53. The van der Waals surface area contributed by atoms with Gasteiger partial charge in [-0.3, -0.25) is 9.69 Å². The molecule has 5 nitrogen and oxygen atoms in total. The van der Waals surface area contributed by atoms with Crippen LogP contribution in [0.5, 0.6) is 5.75 Å². The molecule has 0 aromatic heterocycles. The molecule has 20 heavy (non-hydrogen) atoms. The van der Waals surface area contributed by atoms with E-state index in [-0.39, 0.29) is 12.6 Å². The van der Waals surface area contributed by atoms with E-state index >= 15 is 0 Å². The topological polar surface area (TPSA) is 66.8 Å². The summed E-state index contributed by atoms with van der Waals surface area (Å²) in [6.07, 6.45) is 4.31. The standard InChI is InChI=1S/C15H19NO4/c17-14(18)11-16(12-7-3-1-4-8-12)15(19)20-13-9-5-2-6-10-13/h2,5-6,9-10,12H,1,3-4,7-8,11H2,(H,17,18). The highest BCUT2D eigenvalue weighted by Crippen LogP contribution is 2.23. The molecule has 0 unspecified atom stereocenters. The van der Waals surface area contributed by atoms with Crippen molar-refractivity contribution in [1.82, 2.24) is 4.90 Å². The fourth-order valence-electron chi connectivity index (χ4n) is 2.53. The number of carbonyl (C=O) groups excluding carboxylic acids is 1. The number of hydrogen-bond donors (Lipinski definition) is 1. The van der Waals surface area contributed by atoms with Crippen LogP contribution in [0.3, 0.4) is 0 Å². The molecule has 0 bridgehead atoms. The fraction of sp³-hybridized carbons (Fsp3) is 0.467. The average Bonchev–Trinajstić information content (AvgIpc) is 2.46. The van der Waals surface area contributed by atoms with Crippen molar-refractivity contribution in [3.05, 3.63) is 30.3 Å². The van der Waals surface area contributed by atoms with Crippen LogP contribution in [0.1, 0.15) is 32.1 Å². The minimum absolute atomic E-state index is 0.0314. The Bertz CT molecular complexity index is 454. The third kappa shape index (κ3) is 3.98. The summed E-state index contributed by atoms with van der Waals surface area (Å²) < 4.78 is 5.25. The summed E-state index contributed by atoms with van der Waals surface area (Å²) in [5.41, 5.74) is 0. The highest BCUT2D eigenvalue weighted by atomic mass is 16.6. The Morgan fingerprint density at radius 1 is 1.15 bits per heavy atom. The molecule has 0 atom stereocenters. The second-order valence-electron chi connectivity index (χ2n) is 4.99. The lowest BCUT2D eigenvalue weighted by molar-refractivity contribution is -0.138. The van der Waals surface area contributed by atoms with Crippen molar-refractivity contribution in [2.24, 2.45) is 0 Å². The minimum Gasteiger partial charge on any atom is -0.480 e. The summed E-state index contributed by atoms with van der Waals surface area (Å²) >= 11 is 0. The first-order valence-corrected chi connectivity index (χ1v) is 6.92. The van der Waals surface area contributed by atoms with Gasteiger partial charge in [0.1, 0.15) is 12.3 Å². The molecule has 5 heteroatoms. The summed E-state index contributed by atoms with van der Waals surface area (Å²) in [6.45, 7) is -0.309. The molecule has 1 N–H and O–H groups in total. The molecular weight excluding hydrogens is 258 g/mol. The van der Waals surface area contributed by atoms with Crippen molar-refractivity contribution < 1.29 is 19.4 Å². The minimum atomic E-state index is -1.01. The number of benzene rings is 1. The molecule has 108 valence electrons. The quantitative estimate of drug-likeness (QED) is 0.919. The monoisotopic (exact) mass is 277 g/mol. The van der Waals surface area contributed by atoms with Crippen LogP contribution in [0.25, 0.3) is 0 Å². The number of para-hydroxylation sites is 1. The van der Waals surface area contributed by atoms with Gasteiger partial charge in [-0.1, -0.05) is 37.5 Å². The third-order valence-electron chi connectivity index (χ3n) is 3.50. The van der Waals surface area contributed by atoms with Crippen LogP contribution in [0.2, 0.25) is 0 Å². The van der Waals surface area contributed by atoms with E-state index < -0.39 is 12.1 Å². The van der Waals surface area contributed by atoms with Gasteiger partial charge in [0.05, 0.1) is 0 Å². The van der Waals surface area contributed by atoms with Crippen molar-refractivity contribution in [1.29, 1.82) is 0 Å². The number of carbonyl (C=O) groups is 2. The number of amides is 1. The summed E-state index contributed by atoms with van der Waals surface area (Å²) in [7, 11) is 0. The molecule has 1 aromatic carbocycles. The second kappa shape index (κ2) is 6.93. The maximum atomic E-state index is 12.2. The van der Waals surface area contributed by atoms with Crippen molar-refractivity contribution >= 4 is 12.1 Å². The molecule has 2 rings (SSSR count). The van der Waals surface area contributed by atoms with Crippen LogP contribution in [0.15, 0.2) is 30.3 Å². The molecule has 0 heterocycles. The number of aliphatic carboxylic acids is 1. The molecule has 1 aromatic rings. The molecular formula is C15H19NO4. The molecule has 0 aliphatic heterocycles. The zero-order valence-electron chi connectivity index (χ0n) is 11.3. The third-order valence-corrected chi connectivity index (χ3v) is 3.50. The maximum absolute atomic E-state index is 12.2. The molecule has 0 radical (unpaired) electrons. The van der Waals surface area contributed by atoms with Crippen LogP contribution in [0, 0.1) is 0 Å². The molecule has 1 aliphatic rings. The van der Waals surface area contributed by atoms with Crippen molar-refractivity contribution in [3.63, 3.8) is 0 Å².